The average molecular weight is 298 g/mol. The molecule has 2 nitrogen and oxygen atoms in total. The molecule has 1 unspecified atom stereocenters. The lowest BCUT2D eigenvalue weighted by atomic mass is 9.79. The minimum atomic E-state index is -0.907. The van der Waals surface area contributed by atoms with Crippen LogP contribution >= 0.6 is 0 Å². The van der Waals surface area contributed by atoms with Crippen LogP contribution in [-0.4, -0.2) is 11.6 Å². The highest BCUT2D eigenvalue weighted by Gasteiger charge is 2.55. The van der Waals surface area contributed by atoms with E-state index in [9.17, 15) is 9.59 Å². The lowest BCUT2D eigenvalue weighted by Crippen LogP contribution is -2.34. The van der Waals surface area contributed by atoms with Crippen LogP contribution in [-0.2, 0) is 12.8 Å². The normalized spacial score (nSPS) is 21.9. The molecule has 0 fully saturated rings. The maximum atomic E-state index is 13.3. The van der Waals surface area contributed by atoms with Crippen LogP contribution in [0.25, 0.3) is 10.8 Å². The molecule has 0 bridgehead atoms. The van der Waals surface area contributed by atoms with Crippen LogP contribution in [0.4, 0.5) is 0 Å². The Balaban J connectivity index is 1.74. The van der Waals surface area contributed by atoms with Gasteiger partial charge in [0, 0.05) is 11.1 Å². The lowest BCUT2D eigenvalue weighted by Gasteiger charge is -2.18. The van der Waals surface area contributed by atoms with Gasteiger partial charge in [-0.1, -0.05) is 60.7 Å². The maximum absolute atomic E-state index is 13.3. The second kappa shape index (κ2) is 4.17. The molecule has 2 heteroatoms. The van der Waals surface area contributed by atoms with Gasteiger partial charge in [0.1, 0.15) is 5.41 Å². The fourth-order valence-corrected chi connectivity index (χ4v) is 4.26. The molecule has 23 heavy (non-hydrogen) atoms. The number of rotatable bonds is 0. The molecule has 0 aromatic heterocycles. The van der Waals surface area contributed by atoms with Gasteiger partial charge in [0.25, 0.3) is 0 Å². The Labute approximate surface area is 133 Å². The lowest BCUT2D eigenvalue weighted by molar-refractivity contribution is 0.0706. The van der Waals surface area contributed by atoms with Gasteiger partial charge < -0.3 is 0 Å². The predicted molar refractivity (Wildman–Crippen MR) is 88.9 cm³/mol. The van der Waals surface area contributed by atoms with E-state index in [1.165, 1.54) is 0 Å². The molecule has 1 atom stereocenters. The van der Waals surface area contributed by atoms with Crippen LogP contribution in [0.5, 0.6) is 0 Å². The molecular formula is C21H14O2. The highest BCUT2D eigenvalue weighted by molar-refractivity contribution is 6.27. The standard InChI is InChI=1S/C21H14O2/c22-19-17-8-4-2-6-14(17)11-21(19)12-15-10-9-13-5-1-3-7-16(13)18(15)20(21)23/h1-10H,11-12H2. The number of benzene rings is 3. The van der Waals surface area contributed by atoms with E-state index < -0.39 is 5.41 Å². The third kappa shape index (κ3) is 1.48. The number of carbonyl (C=O) groups is 2. The first-order valence-electron chi connectivity index (χ1n) is 7.89. The topological polar surface area (TPSA) is 34.1 Å². The molecule has 3 aromatic carbocycles. The molecule has 0 heterocycles. The summed E-state index contributed by atoms with van der Waals surface area (Å²) < 4.78 is 0. The smallest absolute Gasteiger partial charge is 0.178 e. The Morgan fingerprint density at radius 2 is 1.43 bits per heavy atom. The summed E-state index contributed by atoms with van der Waals surface area (Å²) in [4.78, 5) is 26.3. The van der Waals surface area contributed by atoms with E-state index in [0.29, 0.717) is 12.8 Å². The Morgan fingerprint density at radius 1 is 0.696 bits per heavy atom. The summed E-state index contributed by atoms with van der Waals surface area (Å²) >= 11 is 0. The van der Waals surface area contributed by atoms with Gasteiger partial charge in [-0.25, -0.2) is 0 Å². The molecule has 3 aromatic rings. The zero-order valence-corrected chi connectivity index (χ0v) is 12.5. The predicted octanol–water partition coefficient (Wildman–Crippen LogP) is 4.00. The maximum Gasteiger partial charge on any atom is 0.178 e. The molecule has 5 rings (SSSR count). The minimum absolute atomic E-state index is 0.00150. The van der Waals surface area contributed by atoms with E-state index in [0.717, 1.165) is 33.0 Å². The van der Waals surface area contributed by atoms with Gasteiger partial charge in [0.05, 0.1) is 0 Å². The van der Waals surface area contributed by atoms with Crippen molar-refractivity contribution in [3.05, 3.63) is 82.9 Å². The highest BCUT2D eigenvalue weighted by atomic mass is 16.2. The van der Waals surface area contributed by atoms with Crippen molar-refractivity contribution in [3.8, 4) is 0 Å². The number of hydrogen-bond donors (Lipinski definition) is 0. The second-order valence-electron chi connectivity index (χ2n) is 6.57. The van der Waals surface area contributed by atoms with Gasteiger partial charge >= 0.3 is 0 Å². The van der Waals surface area contributed by atoms with Crippen LogP contribution in [0.2, 0.25) is 0 Å². The molecular weight excluding hydrogens is 284 g/mol. The number of hydrogen-bond acceptors (Lipinski definition) is 2. The Bertz CT molecular complexity index is 1020. The SMILES string of the molecule is O=C1c2ccccc2CC12Cc1ccc3ccccc3c1C2=O. The van der Waals surface area contributed by atoms with Crippen LogP contribution in [0.1, 0.15) is 31.8 Å². The summed E-state index contributed by atoms with van der Waals surface area (Å²) in [7, 11) is 0. The zero-order chi connectivity index (χ0) is 15.6. The molecule has 0 saturated heterocycles. The van der Waals surface area contributed by atoms with Crippen molar-refractivity contribution in [3.63, 3.8) is 0 Å². The number of Topliss-reactive ketones (excluding diaryl/α,β-unsaturated/α-hetero) is 2. The Morgan fingerprint density at radius 3 is 2.30 bits per heavy atom. The van der Waals surface area contributed by atoms with Crippen molar-refractivity contribution in [2.24, 2.45) is 5.41 Å². The third-order valence-corrected chi connectivity index (χ3v) is 5.36. The van der Waals surface area contributed by atoms with Crippen LogP contribution in [0.3, 0.4) is 0 Å². The quantitative estimate of drug-likeness (QED) is 0.588. The van der Waals surface area contributed by atoms with Gasteiger partial charge in [-0.2, -0.15) is 0 Å². The van der Waals surface area contributed by atoms with Crippen molar-refractivity contribution >= 4 is 22.3 Å². The molecule has 1 spiro atoms. The average Bonchev–Trinajstić information content (AvgIpc) is 3.04. The zero-order valence-electron chi connectivity index (χ0n) is 12.5. The largest absolute Gasteiger partial charge is 0.293 e. The molecule has 110 valence electrons. The summed E-state index contributed by atoms with van der Waals surface area (Å²) in [6, 6.07) is 19.6. The Hall–Kier alpha value is -2.74. The van der Waals surface area contributed by atoms with Crippen molar-refractivity contribution in [2.45, 2.75) is 12.8 Å². The van der Waals surface area contributed by atoms with E-state index in [1.807, 2.05) is 60.7 Å². The summed E-state index contributed by atoms with van der Waals surface area (Å²) in [5.74, 6) is 0.00359. The molecule has 0 amide bonds. The second-order valence-corrected chi connectivity index (χ2v) is 6.57. The van der Waals surface area contributed by atoms with E-state index in [2.05, 4.69) is 0 Å². The Kier molecular flexibility index (Phi) is 2.31. The monoisotopic (exact) mass is 298 g/mol. The van der Waals surface area contributed by atoms with Gasteiger partial charge in [0.15, 0.2) is 11.6 Å². The third-order valence-electron chi connectivity index (χ3n) is 5.36. The molecule has 0 saturated carbocycles. The van der Waals surface area contributed by atoms with Gasteiger partial charge in [-0.15, -0.1) is 0 Å². The van der Waals surface area contributed by atoms with Gasteiger partial charge in [-0.3, -0.25) is 9.59 Å². The molecule has 0 N–H and O–H groups in total. The number of fused-ring (bicyclic) bond motifs is 4. The van der Waals surface area contributed by atoms with Crippen LogP contribution in [0, 0.1) is 5.41 Å². The first-order valence-corrected chi connectivity index (χ1v) is 7.89. The van der Waals surface area contributed by atoms with Gasteiger partial charge in [-0.05, 0) is 34.7 Å². The van der Waals surface area contributed by atoms with Crippen LogP contribution < -0.4 is 0 Å². The van der Waals surface area contributed by atoms with E-state index >= 15 is 0 Å². The fraction of sp³-hybridized carbons (Fsp3) is 0.143. The summed E-state index contributed by atoms with van der Waals surface area (Å²) in [6.07, 6.45) is 1.06. The van der Waals surface area contributed by atoms with E-state index in [4.69, 9.17) is 0 Å². The summed E-state index contributed by atoms with van der Waals surface area (Å²) in [5, 5.41) is 2.02. The molecule has 0 radical (unpaired) electrons. The summed E-state index contributed by atoms with van der Waals surface area (Å²) in [6.45, 7) is 0. The van der Waals surface area contributed by atoms with Gasteiger partial charge in [0.2, 0.25) is 0 Å². The van der Waals surface area contributed by atoms with Crippen molar-refractivity contribution in [1.82, 2.24) is 0 Å². The number of ketones is 2. The van der Waals surface area contributed by atoms with Crippen molar-refractivity contribution in [2.75, 3.05) is 0 Å². The summed E-state index contributed by atoms with van der Waals surface area (Å²) in [5.41, 5.74) is 2.58. The van der Waals surface area contributed by atoms with E-state index in [1.54, 1.807) is 0 Å². The first kappa shape index (κ1) is 12.8. The molecule has 2 aliphatic rings. The van der Waals surface area contributed by atoms with E-state index in [-0.39, 0.29) is 11.6 Å². The van der Waals surface area contributed by atoms with Crippen molar-refractivity contribution < 1.29 is 9.59 Å². The molecule has 2 aliphatic carbocycles. The first-order chi connectivity index (χ1) is 11.2. The number of carbonyl (C=O) groups excluding carboxylic acids is 2. The minimum Gasteiger partial charge on any atom is -0.293 e. The highest BCUT2D eigenvalue weighted by Crippen LogP contribution is 2.48. The molecule has 0 aliphatic heterocycles. The van der Waals surface area contributed by atoms with Crippen molar-refractivity contribution in [1.29, 1.82) is 0 Å². The fourth-order valence-electron chi connectivity index (χ4n) is 4.26. The van der Waals surface area contributed by atoms with Crippen LogP contribution in [0.15, 0.2) is 60.7 Å².